The third kappa shape index (κ3) is 2.17. The van der Waals surface area contributed by atoms with Crippen LogP contribution < -0.4 is 16.0 Å². The number of nitrogens with zero attached hydrogens (tertiary/aromatic N) is 1. The molecule has 2 heterocycles. The normalized spacial score (nSPS) is 16.6. The van der Waals surface area contributed by atoms with Gasteiger partial charge in [0, 0.05) is 0 Å². The van der Waals surface area contributed by atoms with Gasteiger partial charge in [0.2, 0.25) is 11.8 Å². The molecule has 110 valence electrons. The number of benzene rings is 1. The summed E-state index contributed by atoms with van der Waals surface area (Å²) in [6, 6.07) is 7.41. The first kappa shape index (κ1) is 14.0. The Morgan fingerprint density at radius 3 is 2.64 bits per heavy atom. The minimum absolute atomic E-state index is 0.0785. The van der Waals surface area contributed by atoms with Crippen molar-refractivity contribution in [2.45, 2.75) is 5.92 Å². The molecule has 8 heteroatoms. The van der Waals surface area contributed by atoms with Crippen LogP contribution in [-0.4, -0.2) is 9.97 Å². The van der Waals surface area contributed by atoms with E-state index in [0.29, 0.717) is 5.56 Å². The predicted octanol–water partition coefficient (Wildman–Crippen LogP) is 1.79. The summed E-state index contributed by atoms with van der Waals surface area (Å²) >= 11 is 4.89. The molecule has 4 N–H and O–H groups in total. The first-order chi connectivity index (χ1) is 10.5. The summed E-state index contributed by atoms with van der Waals surface area (Å²) < 4.78 is 18.5. The summed E-state index contributed by atoms with van der Waals surface area (Å²) in [6.45, 7) is 0. The standard InChI is InChI=1S/C14H9FN4O2S/c15-7-3-1-6(2-4-7)9-8(5-16)11(17)21-13-10(9)12(20)18-14(22)19-13/h1-4,9H,17H2,(H2,18,19,20,22)/t9-/m1/s1. The Morgan fingerprint density at radius 1 is 1.32 bits per heavy atom. The number of nitrogens with one attached hydrogen (secondary N) is 2. The fraction of sp³-hybridized carbons (Fsp3) is 0.0714. The Balaban J connectivity index is 2.32. The lowest BCUT2D eigenvalue weighted by molar-refractivity contribution is 0.374. The van der Waals surface area contributed by atoms with Gasteiger partial charge in [-0.3, -0.25) is 9.78 Å². The van der Waals surface area contributed by atoms with Crippen molar-refractivity contribution in [2.75, 3.05) is 0 Å². The van der Waals surface area contributed by atoms with Gasteiger partial charge < -0.3 is 15.5 Å². The number of fused-ring (bicyclic) bond motifs is 1. The van der Waals surface area contributed by atoms with Crippen LogP contribution in [0.5, 0.6) is 5.88 Å². The van der Waals surface area contributed by atoms with Crippen molar-refractivity contribution in [3.05, 3.63) is 67.8 Å². The van der Waals surface area contributed by atoms with Crippen LogP contribution >= 0.6 is 12.2 Å². The summed E-state index contributed by atoms with van der Waals surface area (Å²) in [5, 5.41) is 9.33. The number of ether oxygens (including phenoxy) is 1. The second kappa shape index (κ2) is 5.13. The highest BCUT2D eigenvalue weighted by Crippen LogP contribution is 2.38. The van der Waals surface area contributed by atoms with E-state index in [1.165, 1.54) is 24.3 Å². The van der Waals surface area contributed by atoms with Crippen LogP contribution in [0.3, 0.4) is 0 Å². The third-order valence-electron chi connectivity index (χ3n) is 3.32. The van der Waals surface area contributed by atoms with Gasteiger partial charge in [0.25, 0.3) is 5.56 Å². The summed E-state index contributed by atoms with van der Waals surface area (Å²) in [5.41, 5.74) is 6.06. The van der Waals surface area contributed by atoms with Crippen molar-refractivity contribution in [3.63, 3.8) is 0 Å². The fourth-order valence-electron chi connectivity index (χ4n) is 2.38. The minimum atomic E-state index is -0.759. The quantitative estimate of drug-likeness (QED) is 0.695. The van der Waals surface area contributed by atoms with Crippen LogP contribution in [0.2, 0.25) is 0 Å². The molecule has 1 aromatic carbocycles. The Labute approximate surface area is 128 Å². The van der Waals surface area contributed by atoms with Crippen molar-refractivity contribution in [3.8, 4) is 11.9 Å². The van der Waals surface area contributed by atoms with Crippen molar-refractivity contribution in [1.29, 1.82) is 5.26 Å². The second-order valence-corrected chi connectivity index (χ2v) is 5.04. The molecule has 1 atom stereocenters. The Morgan fingerprint density at radius 2 is 2.00 bits per heavy atom. The van der Waals surface area contributed by atoms with Crippen molar-refractivity contribution < 1.29 is 9.13 Å². The Bertz CT molecular complexity index is 937. The lowest BCUT2D eigenvalue weighted by Crippen LogP contribution is -2.28. The number of nitriles is 1. The molecular formula is C14H9FN4O2S. The number of aromatic nitrogens is 2. The van der Waals surface area contributed by atoms with E-state index < -0.39 is 17.3 Å². The summed E-state index contributed by atoms with van der Waals surface area (Å²) in [5.74, 6) is -1.22. The Hall–Kier alpha value is -2.92. The van der Waals surface area contributed by atoms with Gasteiger partial charge in [-0.1, -0.05) is 12.1 Å². The second-order valence-electron chi connectivity index (χ2n) is 4.63. The monoisotopic (exact) mass is 316 g/mol. The van der Waals surface area contributed by atoms with E-state index in [4.69, 9.17) is 22.7 Å². The molecule has 22 heavy (non-hydrogen) atoms. The summed E-state index contributed by atoms with van der Waals surface area (Å²) in [6.07, 6.45) is 0. The molecule has 3 rings (SSSR count). The third-order valence-corrected chi connectivity index (χ3v) is 3.53. The number of hydrogen-bond donors (Lipinski definition) is 3. The zero-order valence-corrected chi connectivity index (χ0v) is 11.8. The topological polar surface area (TPSA) is 108 Å². The maximum absolute atomic E-state index is 13.1. The average Bonchev–Trinajstić information content (AvgIpc) is 2.46. The number of allylic oxidation sites excluding steroid dienone is 1. The first-order valence-corrected chi connectivity index (χ1v) is 6.61. The van der Waals surface area contributed by atoms with Crippen LogP contribution in [0.4, 0.5) is 4.39 Å². The lowest BCUT2D eigenvalue weighted by atomic mass is 9.85. The van der Waals surface area contributed by atoms with Crippen molar-refractivity contribution in [2.24, 2.45) is 5.73 Å². The molecule has 1 aliphatic rings. The summed E-state index contributed by atoms with van der Waals surface area (Å²) in [4.78, 5) is 17.4. The molecule has 0 fully saturated rings. The van der Waals surface area contributed by atoms with Gasteiger partial charge in [0.05, 0.1) is 11.5 Å². The predicted molar refractivity (Wildman–Crippen MR) is 77.9 cm³/mol. The highest BCUT2D eigenvalue weighted by atomic mass is 32.1. The minimum Gasteiger partial charge on any atom is -0.424 e. The number of aromatic amines is 2. The van der Waals surface area contributed by atoms with E-state index in [1.54, 1.807) is 0 Å². The number of rotatable bonds is 1. The molecule has 0 spiro atoms. The molecule has 0 aliphatic carbocycles. The molecule has 0 bridgehead atoms. The largest absolute Gasteiger partial charge is 0.424 e. The van der Waals surface area contributed by atoms with Gasteiger partial charge in [-0.05, 0) is 29.9 Å². The molecule has 0 amide bonds. The fourth-order valence-corrected chi connectivity index (χ4v) is 2.56. The maximum Gasteiger partial charge on any atom is 0.259 e. The van der Waals surface area contributed by atoms with Crippen molar-refractivity contribution in [1.82, 2.24) is 9.97 Å². The van der Waals surface area contributed by atoms with Crippen LogP contribution in [0.1, 0.15) is 17.0 Å². The molecule has 0 saturated heterocycles. The van der Waals surface area contributed by atoms with Crippen LogP contribution in [0, 0.1) is 21.9 Å². The molecule has 2 aromatic rings. The Kier molecular flexibility index (Phi) is 3.27. The lowest BCUT2D eigenvalue weighted by Gasteiger charge is -2.24. The molecule has 6 nitrogen and oxygen atoms in total. The zero-order valence-electron chi connectivity index (χ0n) is 11.0. The van der Waals surface area contributed by atoms with Gasteiger partial charge >= 0.3 is 0 Å². The van der Waals surface area contributed by atoms with Gasteiger partial charge in [-0.15, -0.1) is 0 Å². The van der Waals surface area contributed by atoms with E-state index in [-0.39, 0.29) is 27.7 Å². The van der Waals surface area contributed by atoms with Crippen LogP contribution in [0.25, 0.3) is 0 Å². The molecule has 1 aliphatic heterocycles. The molecule has 0 saturated carbocycles. The number of H-pyrrole nitrogens is 2. The smallest absolute Gasteiger partial charge is 0.259 e. The van der Waals surface area contributed by atoms with E-state index in [2.05, 4.69) is 9.97 Å². The maximum atomic E-state index is 13.1. The number of nitrogens with two attached hydrogens (primary N) is 1. The number of hydrogen-bond acceptors (Lipinski definition) is 5. The first-order valence-electron chi connectivity index (χ1n) is 6.21. The van der Waals surface area contributed by atoms with Gasteiger partial charge in [0.1, 0.15) is 17.5 Å². The number of halogens is 1. The van der Waals surface area contributed by atoms with Crippen molar-refractivity contribution >= 4 is 12.2 Å². The van der Waals surface area contributed by atoms with Crippen LogP contribution in [0.15, 0.2) is 40.5 Å². The van der Waals surface area contributed by atoms with E-state index in [0.717, 1.165) is 0 Å². The molecule has 0 unspecified atom stereocenters. The van der Waals surface area contributed by atoms with E-state index in [1.807, 2.05) is 6.07 Å². The van der Waals surface area contributed by atoms with E-state index in [9.17, 15) is 14.4 Å². The SMILES string of the molecule is N#CC1=C(N)Oc2[nH]c(=S)[nH]c(=O)c2[C@@H]1c1ccc(F)cc1. The molecule has 1 aromatic heterocycles. The summed E-state index contributed by atoms with van der Waals surface area (Å²) in [7, 11) is 0. The molecular weight excluding hydrogens is 307 g/mol. The highest BCUT2D eigenvalue weighted by Gasteiger charge is 2.33. The molecule has 0 radical (unpaired) electrons. The van der Waals surface area contributed by atoms with Gasteiger partial charge in [0.15, 0.2) is 4.77 Å². The average molecular weight is 316 g/mol. The van der Waals surface area contributed by atoms with E-state index >= 15 is 0 Å². The van der Waals surface area contributed by atoms with Crippen LogP contribution in [-0.2, 0) is 0 Å². The highest BCUT2D eigenvalue weighted by molar-refractivity contribution is 7.71. The van der Waals surface area contributed by atoms with Gasteiger partial charge in [-0.2, -0.15) is 5.26 Å². The zero-order chi connectivity index (χ0) is 15.9. The van der Waals surface area contributed by atoms with Gasteiger partial charge in [-0.25, -0.2) is 4.39 Å².